The monoisotopic (exact) mass is 359 g/mol. The van der Waals surface area contributed by atoms with Crippen molar-refractivity contribution in [1.82, 2.24) is 10.2 Å². The van der Waals surface area contributed by atoms with E-state index in [1.807, 2.05) is 13.8 Å². The van der Waals surface area contributed by atoms with E-state index in [1.165, 1.54) is 6.07 Å². The number of nitrogens with zero attached hydrogens (tertiary/aromatic N) is 1. The van der Waals surface area contributed by atoms with E-state index in [1.54, 1.807) is 13.0 Å². The number of aryl methyl sites for hydroxylation is 2. The Hall–Kier alpha value is -2.57. The molecule has 2 unspecified atom stereocenters. The summed E-state index contributed by atoms with van der Waals surface area (Å²) in [5.41, 5.74) is 1.10. The highest BCUT2D eigenvalue weighted by molar-refractivity contribution is 6.10. The third-order valence-electron chi connectivity index (χ3n) is 5.62. The SMILES string of the molecule is Cc1cc(C)c(NC(=O)CN2C(=O)NC3(CCCCC3C)C2=O)cc1O. The van der Waals surface area contributed by atoms with Gasteiger partial charge in [-0.15, -0.1) is 0 Å². The van der Waals surface area contributed by atoms with Gasteiger partial charge in [-0.1, -0.05) is 25.8 Å². The molecule has 7 heteroatoms. The molecule has 1 heterocycles. The highest BCUT2D eigenvalue weighted by atomic mass is 16.3. The Kier molecular flexibility index (Phi) is 4.64. The summed E-state index contributed by atoms with van der Waals surface area (Å²) >= 11 is 0. The van der Waals surface area contributed by atoms with Crippen molar-refractivity contribution in [2.75, 3.05) is 11.9 Å². The highest BCUT2D eigenvalue weighted by Gasteiger charge is 2.55. The maximum absolute atomic E-state index is 12.9. The second-order valence-corrected chi connectivity index (χ2v) is 7.44. The van der Waals surface area contributed by atoms with Gasteiger partial charge >= 0.3 is 6.03 Å². The van der Waals surface area contributed by atoms with E-state index in [0.717, 1.165) is 29.7 Å². The van der Waals surface area contributed by atoms with Gasteiger partial charge in [0.05, 0.1) is 0 Å². The van der Waals surface area contributed by atoms with Crippen molar-refractivity contribution in [1.29, 1.82) is 0 Å². The number of urea groups is 1. The fourth-order valence-electron chi connectivity index (χ4n) is 3.95. The number of hydrogen-bond donors (Lipinski definition) is 3. The zero-order chi connectivity index (χ0) is 19.1. The smallest absolute Gasteiger partial charge is 0.325 e. The molecule has 26 heavy (non-hydrogen) atoms. The van der Waals surface area contributed by atoms with Gasteiger partial charge in [0.15, 0.2) is 0 Å². The van der Waals surface area contributed by atoms with Crippen LogP contribution in [-0.4, -0.2) is 39.9 Å². The zero-order valence-corrected chi connectivity index (χ0v) is 15.4. The number of aromatic hydroxyl groups is 1. The molecule has 0 bridgehead atoms. The first kappa shape index (κ1) is 18.2. The first-order valence-electron chi connectivity index (χ1n) is 8.99. The summed E-state index contributed by atoms with van der Waals surface area (Å²) in [7, 11) is 0. The number of benzene rings is 1. The van der Waals surface area contributed by atoms with Gasteiger partial charge in [-0.2, -0.15) is 0 Å². The van der Waals surface area contributed by atoms with E-state index in [-0.39, 0.29) is 24.1 Å². The quantitative estimate of drug-likeness (QED) is 0.722. The van der Waals surface area contributed by atoms with Gasteiger partial charge in [0, 0.05) is 11.8 Å². The average Bonchev–Trinajstić information content (AvgIpc) is 2.80. The number of nitrogens with one attached hydrogen (secondary N) is 2. The lowest BCUT2D eigenvalue weighted by Crippen LogP contribution is -2.54. The van der Waals surface area contributed by atoms with Crippen LogP contribution in [0.4, 0.5) is 10.5 Å². The molecule has 0 aromatic heterocycles. The van der Waals surface area contributed by atoms with Crippen molar-refractivity contribution in [3.8, 4) is 5.75 Å². The minimum Gasteiger partial charge on any atom is -0.508 e. The fraction of sp³-hybridized carbons (Fsp3) is 0.526. The molecule has 140 valence electrons. The first-order valence-corrected chi connectivity index (χ1v) is 8.99. The second-order valence-electron chi connectivity index (χ2n) is 7.44. The van der Waals surface area contributed by atoms with Crippen molar-refractivity contribution in [2.24, 2.45) is 5.92 Å². The van der Waals surface area contributed by atoms with Crippen LogP contribution in [0.5, 0.6) is 5.75 Å². The summed E-state index contributed by atoms with van der Waals surface area (Å²) in [6.07, 6.45) is 3.43. The minimum absolute atomic E-state index is 0.0528. The Morgan fingerprint density at radius 1 is 1.31 bits per heavy atom. The van der Waals surface area contributed by atoms with Gasteiger partial charge in [-0.05, 0) is 43.7 Å². The maximum Gasteiger partial charge on any atom is 0.325 e. The highest BCUT2D eigenvalue weighted by Crippen LogP contribution is 2.38. The zero-order valence-electron chi connectivity index (χ0n) is 15.4. The molecule has 1 aromatic carbocycles. The van der Waals surface area contributed by atoms with Crippen LogP contribution in [0.15, 0.2) is 12.1 Å². The number of hydrogen-bond acceptors (Lipinski definition) is 4. The van der Waals surface area contributed by atoms with E-state index in [2.05, 4.69) is 10.6 Å². The molecule has 0 radical (unpaired) electrons. The van der Waals surface area contributed by atoms with Crippen LogP contribution < -0.4 is 10.6 Å². The first-order chi connectivity index (χ1) is 12.2. The molecular formula is C19H25N3O4. The van der Waals surface area contributed by atoms with Gasteiger partial charge in [0.25, 0.3) is 5.91 Å². The van der Waals surface area contributed by atoms with Gasteiger partial charge in [-0.3, -0.25) is 14.5 Å². The third kappa shape index (κ3) is 3.02. The number of imide groups is 1. The lowest BCUT2D eigenvalue weighted by Gasteiger charge is -2.36. The van der Waals surface area contributed by atoms with Gasteiger partial charge in [0.2, 0.25) is 5.91 Å². The van der Waals surface area contributed by atoms with E-state index >= 15 is 0 Å². The van der Waals surface area contributed by atoms with Crippen LogP contribution in [-0.2, 0) is 9.59 Å². The number of carbonyl (C=O) groups excluding carboxylic acids is 3. The fourth-order valence-corrected chi connectivity index (χ4v) is 3.95. The predicted octanol–water partition coefficient (Wildman–Crippen LogP) is 2.45. The van der Waals surface area contributed by atoms with Crippen LogP contribution in [0.25, 0.3) is 0 Å². The van der Waals surface area contributed by atoms with E-state index in [9.17, 15) is 19.5 Å². The molecule has 3 rings (SSSR count). The van der Waals surface area contributed by atoms with Crippen molar-refractivity contribution < 1.29 is 19.5 Å². The molecule has 2 aliphatic rings. The molecule has 7 nitrogen and oxygen atoms in total. The molecule has 1 aliphatic carbocycles. The van der Waals surface area contributed by atoms with Crippen molar-refractivity contribution in [2.45, 2.75) is 52.0 Å². The van der Waals surface area contributed by atoms with E-state index in [0.29, 0.717) is 17.7 Å². The summed E-state index contributed by atoms with van der Waals surface area (Å²) in [5.74, 6) is -0.651. The number of amides is 4. The lowest BCUT2D eigenvalue weighted by atomic mass is 9.73. The van der Waals surface area contributed by atoms with Gasteiger partial charge in [0.1, 0.15) is 17.8 Å². The van der Waals surface area contributed by atoms with Gasteiger partial charge in [-0.25, -0.2) is 4.79 Å². The molecular weight excluding hydrogens is 334 g/mol. The number of carbonyl (C=O) groups is 3. The number of anilines is 1. The Morgan fingerprint density at radius 3 is 2.73 bits per heavy atom. The van der Waals surface area contributed by atoms with Crippen molar-refractivity contribution >= 4 is 23.5 Å². The van der Waals surface area contributed by atoms with Gasteiger partial charge < -0.3 is 15.7 Å². The summed E-state index contributed by atoms with van der Waals surface area (Å²) in [4.78, 5) is 38.6. The standard InChI is InChI=1S/C19H25N3O4/c1-11-8-12(2)15(23)9-14(11)20-16(24)10-22-17(25)19(21-18(22)26)7-5-4-6-13(19)3/h8-9,13,23H,4-7,10H2,1-3H3,(H,20,24)(H,21,26). The topological polar surface area (TPSA) is 98.7 Å². The molecule has 1 spiro atoms. The van der Waals surface area contributed by atoms with Crippen molar-refractivity contribution in [3.63, 3.8) is 0 Å². The molecule has 1 saturated heterocycles. The molecule has 1 aromatic rings. The minimum atomic E-state index is -0.867. The second kappa shape index (κ2) is 6.63. The van der Waals surface area contributed by atoms with Crippen LogP contribution >= 0.6 is 0 Å². The van der Waals surface area contributed by atoms with Crippen LogP contribution in [0, 0.1) is 19.8 Å². The normalized spacial score (nSPS) is 25.5. The maximum atomic E-state index is 12.9. The Balaban J connectivity index is 1.73. The third-order valence-corrected chi connectivity index (χ3v) is 5.62. The number of phenolic OH excluding ortho intramolecular Hbond substituents is 1. The van der Waals surface area contributed by atoms with E-state index in [4.69, 9.17) is 0 Å². The molecule has 3 N–H and O–H groups in total. The Bertz CT molecular complexity index is 776. The number of rotatable bonds is 3. The van der Waals surface area contributed by atoms with Crippen molar-refractivity contribution in [3.05, 3.63) is 23.3 Å². The number of phenols is 1. The Morgan fingerprint density at radius 2 is 2.04 bits per heavy atom. The molecule has 1 saturated carbocycles. The predicted molar refractivity (Wildman–Crippen MR) is 96.8 cm³/mol. The van der Waals surface area contributed by atoms with Crippen LogP contribution in [0.3, 0.4) is 0 Å². The summed E-state index contributed by atoms with van der Waals surface area (Å²) in [6.45, 7) is 5.22. The molecule has 2 fully saturated rings. The summed E-state index contributed by atoms with van der Waals surface area (Å²) in [5, 5.41) is 15.3. The molecule has 2 atom stereocenters. The lowest BCUT2D eigenvalue weighted by molar-refractivity contribution is -0.136. The summed E-state index contributed by atoms with van der Waals surface area (Å²) < 4.78 is 0. The Labute approximate surface area is 152 Å². The molecule has 4 amide bonds. The van der Waals surface area contributed by atoms with Crippen LogP contribution in [0.1, 0.15) is 43.7 Å². The average molecular weight is 359 g/mol. The largest absolute Gasteiger partial charge is 0.508 e. The van der Waals surface area contributed by atoms with E-state index < -0.39 is 17.5 Å². The molecule has 1 aliphatic heterocycles. The van der Waals surface area contributed by atoms with Crippen LogP contribution in [0.2, 0.25) is 0 Å². The summed E-state index contributed by atoms with van der Waals surface area (Å²) in [6, 6.07) is 2.72.